The summed E-state index contributed by atoms with van der Waals surface area (Å²) < 4.78 is 44.7. The van der Waals surface area contributed by atoms with Crippen LogP contribution in [0.4, 0.5) is 13.2 Å². The van der Waals surface area contributed by atoms with Crippen LogP contribution in [0.1, 0.15) is 39.5 Å². The van der Waals surface area contributed by atoms with Crippen molar-refractivity contribution in [3.8, 4) is 11.4 Å². The van der Waals surface area contributed by atoms with E-state index in [1.807, 2.05) is 44.2 Å². The number of benzene rings is 2. The van der Waals surface area contributed by atoms with Crippen molar-refractivity contribution in [3.05, 3.63) is 94.1 Å². The standard InChI is InChI=1S/C26H26F3N5O/c1-16-12-17(2)33(31-16)22-11-10-20(24(13-22)26(27,28)29)15-30-25(35)14-23-18(3)32-34(19(23)4)21-8-6-5-7-9-21/h5-13H,14-15H2,1-4H3,(H,30,35). The molecule has 0 spiro atoms. The zero-order valence-electron chi connectivity index (χ0n) is 19.9. The van der Waals surface area contributed by atoms with E-state index in [2.05, 4.69) is 15.5 Å². The number of nitrogens with one attached hydrogen (secondary N) is 1. The first-order valence-electron chi connectivity index (χ1n) is 11.2. The number of para-hydroxylation sites is 1. The van der Waals surface area contributed by atoms with Crippen LogP contribution in [-0.2, 0) is 23.9 Å². The van der Waals surface area contributed by atoms with Gasteiger partial charge < -0.3 is 5.32 Å². The molecule has 35 heavy (non-hydrogen) atoms. The Morgan fingerprint density at radius 2 is 1.63 bits per heavy atom. The number of alkyl halides is 3. The molecule has 2 aromatic carbocycles. The quantitative estimate of drug-likeness (QED) is 0.413. The SMILES string of the molecule is Cc1cc(C)n(-c2ccc(CNC(=O)Cc3c(C)nn(-c4ccccc4)c3C)c(C(F)(F)F)c2)n1. The van der Waals surface area contributed by atoms with Crippen molar-refractivity contribution in [2.75, 3.05) is 0 Å². The summed E-state index contributed by atoms with van der Waals surface area (Å²) >= 11 is 0. The summed E-state index contributed by atoms with van der Waals surface area (Å²) in [5.74, 6) is -0.375. The zero-order chi connectivity index (χ0) is 25.3. The lowest BCUT2D eigenvalue weighted by atomic mass is 10.1. The summed E-state index contributed by atoms with van der Waals surface area (Å²) in [6, 6.07) is 15.4. The number of nitrogens with zero attached hydrogens (tertiary/aromatic N) is 4. The molecule has 0 aliphatic carbocycles. The maximum absolute atomic E-state index is 13.8. The minimum absolute atomic E-state index is 0.00967. The number of hydrogen-bond acceptors (Lipinski definition) is 3. The molecule has 6 nitrogen and oxygen atoms in total. The Balaban J connectivity index is 1.52. The van der Waals surface area contributed by atoms with Crippen LogP contribution in [-0.4, -0.2) is 25.5 Å². The van der Waals surface area contributed by atoms with E-state index in [0.717, 1.165) is 28.7 Å². The van der Waals surface area contributed by atoms with Gasteiger partial charge in [0.25, 0.3) is 0 Å². The lowest BCUT2D eigenvalue weighted by Crippen LogP contribution is -2.26. The molecule has 2 aromatic heterocycles. The second-order valence-corrected chi connectivity index (χ2v) is 8.53. The van der Waals surface area contributed by atoms with Crippen LogP contribution in [0.5, 0.6) is 0 Å². The summed E-state index contributed by atoms with van der Waals surface area (Å²) in [7, 11) is 0. The van der Waals surface area contributed by atoms with Gasteiger partial charge in [0, 0.05) is 23.5 Å². The smallest absolute Gasteiger partial charge is 0.352 e. The number of amides is 1. The number of carbonyl (C=O) groups is 1. The van der Waals surface area contributed by atoms with Gasteiger partial charge in [0.1, 0.15) is 0 Å². The van der Waals surface area contributed by atoms with Gasteiger partial charge >= 0.3 is 6.18 Å². The van der Waals surface area contributed by atoms with Gasteiger partial charge in [-0.1, -0.05) is 24.3 Å². The predicted molar refractivity (Wildman–Crippen MR) is 127 cm³/mol. The molecule has 0 bridgehead atoms. The lowest BCUT2D eigenvalue weighted by Gasteiger charge is -2.16. The molecule has 0 saturated heterocycles. The molecule has 0 aliphatic heterocycles. The second kappa shape index (κ2) is 9.40. The van der Waals surface area contributed by atoms with Gasteiger partial charge in [-0.3, -0.25) is 4.79 Å². The molecule has 0 saturated carbocycles. The van der Waals surface area contributed by atoms with E-state index in [1.54, 1.807) is 30.7 Å². The van der Waals surface area contributed by atoms with Crippen molar-refractivity contribution >= 4 is 5.91 Å². The highest BCUT2D eigenvalue weighted by Gasteiger charge is 2.34. The normalized spacial score (nSPS) is 11.6. The Morgan fingerprint density at radius 1 is 0.914 bits per heavy atom. The molecule has 2 heterocycles. The van der Waals surface area contributed by atoms with E-state index in [4.69, 9.17) is 0 Å². The molecular weight excluding hydrogens is 455 g/mol. The molecule has 0 atom stereocenters. The largest absolute Gasteiger partial charge is 0.416 e. The predicted octanol–water partition coefficient (Wildman–Crippen LogP) is 5.17. The maximum Gasteiger partial charge on any atom is 0.416 e. The fourth-order valence-electron chi connectivity index (χ4n) is 4.17. The average molecular weight is 482 g/mol. The van der Waals surface area contributed by atoms with Gasteiger partial charge in [0.05, 0.1) is 34.7 Å². The Labute approximate surface area is 201 Å². The van der Waals surface area contributed by atoms with Crippen molar-refractivity contribution in [1.29, 1.82) is 0 Å². The molecule has 0 aliphatic rings. The van der Waals surface area contributed by atoms with Crippen molar-refractivity contribution < 1.29 is 18.0 Å². The van der Waals surface area contributed by atoms with Gasteiger partial charge in [0.2, 0.25) is 5.91 Å². The first kappa shape index (κ1) is 24.3. The molecule has 9 heteroatoms. The molecule has 1 N–H and O–H groups in total. The van der Waals surface area contributed by atoms with Crippen molar-refractivity contribution in [3.63, 3.8) is 0 Å². The van der Waals surface area contributed by atoms with E-state index in [1.165, 1.54) is 10.7 Å². The number of rotatable bonds is 6. The number of halogens is 3. The Morgan fingerprint density at radius 3 is 2.26 bits per heavy atom. The molecule has 0 unspecified atom stereocenters. The number of aryl methyl sites for hydroxylation is 3. The van der Waals surface area contributed by atoms with Crippen molar-refractivity contribution in [2.24, 2.45) is 0 Å². The molecule has 4 rings (SSSR count). The fraction of sp³-hybridized carbons (Fsp3) is 0.269. The van der Waals surface area contributed by atoms with E-state index in [9.17, 15) is 18.0 Å². The van der Waals surface area contributed by atoms with Crippen LogP contribution >= 0.6 is 0 Å². The van der Waals surface area contributed by atoms with Gasteiger partial charge in [-0.15, -0.1) is 0 Å². The first-order chi connectivity index (χ1) is 16.5. The monoisotopic (exact) mass is 481 g/mol. The summed E-state index contributed by atoms with van der Waals surface area (Å²) in [5.41, 5.74) is 4.10. The number of aromatic nitrogens is 4. The number of carbonyl (C=O) groups excluding carboxylic acids is 1. The van der Waals surface area contributed by atoms with Gasteiger partial charge in [-0.2, -0.15) is 23.4 Å². The molecule has 4 aromatic rings. The van der Waals surface area contributed by atoms with E-state index >= 15 is 0 Å². The zero-order valence-corrected chi connectivity index (χ0v) is 19.9. The third-order valence-electron chi connectivity index (χ3n) is 5.91. The van der Waals surface area contributed by atoms with Crippen molar-refractivity contribution in [1.82, 2.24) is 24.9 Å². The molecule has 182 valence electrons. The van der Waals surface area contributed by atoms with E-state index < -0.39 is 11.7 Å². The third-order valence-corrected chi connectivity index (χ3v) is 5.91. The Hall–Kier alpha value is -3.88. The van der Waals surface area contributed by atoms with Gasteiger partial charge in [0.15, 0.2) is 0 Å². The summed E-state index contributed by atoms with van der Waals surface area (Å²) in [5, 5.41) is 11.4. The summed E-state index contributed by atoms with van der Waals surface area (Å²) in [4.78, 5) is 12.7. The summed E-state index contributed by atoms with van der Waals surface area (Å²) in [6.45, 7) is 7.01. The Kier molecular flexibility index (Phi) is 6.51. The van der Waals surface area contributed by atoms with Crippen LogP contribution in [0, 0.1) is 27.7 Å². The van der Waals surface area contributed by atoms with Crippen molar-refractivity contribution in [2.45, 2.75) is 46.8 Å². The molecular formula is C26H26F3N5O. The first-order valence-corrected chi connectivity index (χ1v) is 11.2. The number of hydrogen-bond donors (Lipinski definition) is 1. The Bertz CT molecular complexity index is 1370. The van der Waals surface area contributed by atoms with E-state index in [0.29, 0.717) is 17.1 Å². The van der Waals surface area contributed by atoms with E-state index in [-0.39, 0.29) is 24.4 Å². The lowest BCUT2D eigenvalue weighted by molar-refractivity contribution is -0.138. The minimum atomic E-state index is -4.57. The van der Waals surface area contributed by atoms with Crippen LogP contribution in [0.3, 0.4) is 0 Å². The average Bonchev–Trinajstić information content (AvgIpc) is 3.30. The maximum atomic E-state index is 13.8. The topological polar surface area (TPSA) is 64.7 Å². The highest BCUT2D eigenvalue weighted by molar-refractivity contribution is 5.79. The van der Waals surface area contributed by atoms with Crippen LogP contribution in [0.15, 0.2) is 54.6 Å². The van der Waals surface area contributed by atoms with Crippen LogP contribution < -0.4 is 5.32 Å². The van der Waals surface area contributed by atoms with Gasteiger partial charge in [-0.05, 0) is 63.6 Å². The fourth-order valence-corrected chi connectivity index (χ4v) is 4.17. The minimum Gasteiger partial charge on any atom is -0.352 e. The van der Waals surface area contributed by atoms with Gasteiger partial charge in [-0.25, -0.2) is 9.36 Å². The third kappa shape index (κ3) is 5.13. The molecule has 0 radical (unpaired) electrons. The molecule has 0 fully saturated rings. The van der Waals surface area contributed by atoms with Crippen LogP contribution in [0.25, 0.3) is 11.4 Å². The van der Waals surface area contributed by atoms with Crippen LogP contribution in [0.2, 0.25) is 0 Å². The summed E-state index contributed by atoms with van der Waals surface area (Å²) in [6.07, 6.45) is -4.55. The highest BCUT2D eigenvalue weighted by Crippen LogP contribution is 2.33. The second-order valence-electron chi connectivity index (χ2n) is 8.53. The molecule has 1 amide bonds. The highest BCUT2D eigenvalue weighted by atomic mass is 19.4.